The molecule has 0 bridgehead atoms. The van der Waals surface area contributed by atoms with Gasteiger partial charge in [-0.15, -0.1) is 0 Å². The molecule has 1 aromatic rings. The molecule has 0 unspecified atom stereocenters. The average Bonchev–Trinajstić information content (AvgIpc) is 2.97. The third-order valence-corrected chi connectivity index (χ3v) is 4.18. The van der Waals surface area contributed by atoms with E-state index in [-0.39, 0.29) is 0 Å². The van der Waals surface area contributed by atoms with E-state index in [2.05, 4.69) is 33.7 Å². The first-order valence-corrected chi connectivity index (χ1v) is 7.79. The van der Waals surface area contributed by atoms with Crippen LogP contribution in [0.1, 0.15) is 17.5 Å². The number of fused-ring (bicyclic) bond motifs is 1. The van der Waals surface area contributed by atoms with Crippen LogP contribution in [0.4, 0.5) is 5.69 Å². The van der Waals surface area contributed by atoms with Gasteiger partial charge in [0.1, 0.15) is 0 Å². The van der Waals surface area contributed by atoms with Crippen LogP contribution < -0.4 is 10.6 Å². The van der Waals surface area contributed by atoms with Gasteiger partial charge >= 0.3 is 0 Å². The van der Waals surface area contributed by atoms with Gasteiger partial charge in [0.2, 0.25) is 0 Å². The zero-order chi connectivity index (χ0) is 13.6. The molecule has 2 aliphatic rings. The van der Waals surface area contributed by atoms with Crippen LogP contribution in [0.2, 0.25) is 0 Å². The second kappa shape index (κ2) is 7.07. The minimum absolute atomic E-state index is 0.898. The maximum atomic E-state index is 5.36. The lowest BCUT2D eigenvalue weighted by molar-refractivity contribution is 0.0374. The summed E-state index contributed by atoms with van der Waals surface area (Å²) in [6, 6.07) is 6.64. The molecule has 20 heavy (non-hydrogen) atoms. The Kier molecular flexibility index (Phi) is 4.90. The maximum Gasteiger partial charge on any atom is 0.0594 e. The van der Waals surface area contributed by atoms with Gasteiger partial charge in [0.25, 0.3) is 0 Å². The van der Waals surface area contributed by atoms with E-state index in [9.17, 15) is 0 Å². The number of nitrogens with one attached hydrogen (secondary N) is 2. The highest BCUT2D eigenvalue weighted by molar-refractivity contribution is 5.61. The van der Waals surface area contributed by atoms with Gasteiger partial charge in [-0.1, -0.05) is 18.2 Å². The molecule has 0 aromatic heterocycles. The minimum Gasteiger partial charge on any atom is -0.384 e. The van der Waals surface area contributed by atoms with Gasteiger partial charge in [-0.3, -0.25) is 4.90 Å². The van der Waals surface area contributed by atoms with E-state index in [4.69, 9.17) is 4.74 Å². The quantitative estimate of drug-likeness (QED) is 0.771. The number of hydrogen-bond donors (Lipinski definition) is 2. The summed E-state index contributed by atoms with van der Waals surface area (Å²) in [6.07, 6.45) is 2.38. The molecule has 4 heteroatoms. The number of para-hydroxylation sites is 1. The number of anilines is 1. The van der Waals surface area contributed by atoms with Crippen molar-refractivity contribution in [3.8, 4) is 0 Å². The first kappa shape index (κ1) is 13.9. The summed E-state index contributed by atoms with van der Waals surface area (Å²) in [5, 5.41) is 7.07. The third-order valence-electron chi connectivity index (χ3n) is 4.18. The van der Waals surface area contributed by atoms with E-state index in [1.54, 1.807) is 0 Å². The van der Waals surface area contributed by atoms with E-state index < -0.39 is 0 Å². The number of hydrogen-bond acceptors (Lipinski definition) is 4. The van der Waals surface area contributed by atoms with E-state index in [1.807, 2.05) is 0 Å². The van der Waals surface area contributed by atoms with Crippen LogP contribution in [0.15, 0.2) is 18.2 Å². The Bertz CT molecular complexity index is 430. The summed E-state index contributed by atoms with van der Waals surface area (Å²) in [7, 11) is 0. The van der Waals surface area contributed by atoms with Gasteiger partial charge < -0.3 is 15.4 Å². The zero-order valence-electron chi connectivity index (χ0n) is 12.2. The Morgan fingerprint density at radius 1 is 1.25 bits per heavy atom. The summed E-state index contributed by atoms with van der Waals surface area (Å²) in [6.45, 7) is 8.31. The van der Waals surface area contributed by atoms with Crippen molar-refractivity contribution in [2.75, 3.05) is 51.3 Å². The van der Waals surface area contributed by atoms with Gasteiger partial charge in [0.15, 0.2) is 0 Å². The van der Waals surface area contributed by atoms with Crippen LogP contribution in [0.25, 0.3) is 0 Å². The van der Waals surface area contributed by atoms with Crippen LogP contribution in [0.5, 0.6) is 0 Å². The van der Waals surface area contributed by atoms with Crippen molar-refractivity contribution in [2.45, 2.75) is 19.4 Å². The standard InChI is InChI=1S/C16H25N3O/c1-3-14-5-7-18-16(14)15(4-1)13-17-6-2-8-19-9-11-20-12-10-19/h1,3-4,17-18H,2,5-13H2. The largest absolute Gasteiger partial charge is 0.384 e. The van der Waals surface area contributed by atoms with E-state index in [0.717, 1.165) is 45.9 Å². The van der Waals surface area contributed by atoms with Crippen molar-refractivity contribution in [3.63, 3.8) is 0 Å². The van der Waals surface area contributed by atoms with Crippen molar-refractivity contribution in [2.24, 2.45) is 0 Å². The van der Waals surface area contributed by atoms with Crippen LogP contribution >= 0.6 is 0 Å². The van der Waals surface area contributed by atoms with Crippen molar-refractivity contribution >= 4 is 5.69 Å². The molecule has 2 aliphatic heterocycles. The molecular weight excluding hydrogens is 250 g/mol. The Balaban J connectivity index is 1.37. The summed E-state index contributed by atoms with van der Waals surface area (Å²) >= 11 is 0. The Hall–Kier alpha value is -1.10. The average molecular weight is 275 g/mol. The van der Waals surface area contributed by atoms with Gasteiger partial charge in [-0.05, 0) is 37.1 Å². The highest BCUT2D eigenvalue weighted by Crippen LogP contribution is 2.26. The highest BCUT2D eigenvalue weighted by atomic mass is 16.5. The zero-order valence-corrected chi connectivity index (χ0v) is 12.2. The van der Waals surface area contributed by atoms with Crippen molar-refractivity contribution < 1.29 is 4.74 Å². The molecule has 0 saturated carbocycles. The molecule has 1 saturated heterocycles. The molecule has 1 aromatic carbocycles. The molecular formula is C16H25N3O. The lowest BCUT2D eigenvalue weighted by Crippen LogP contribution is -2.37. The van der Waals surface area contributed by atoms with Crippen LogP contribution in [-0.4, -0.2) is 50.8 Å². The molecule has 0 amide bonds. The predicted octanol–water partition coefficient (Wildman–Crippen LogP) is 1.47. The molecule has 0 atom stereocenters. The first-order chi connectivity index (χ1) is 9.93. The van der Waals surface area contributed by atoms with Crippen LogP contribution in [0.3, 0.4) is 0 Å². The Morgan fingerprint density at radius 3 is 3.05 bits per heavy atom. The summed E-state index contributed by atoms with van der Waals surface area (Å²) in [5.74, 6) is 0. The predicted molar refractivity (Wildman–Crippen MR) is 82.2 cm³/mol. The van der Waals surface area contributed by atoms with Crippen molar-refractivity contribution in [1.29, 1.82) is 0 Å². The molecule has 110 valence electrons. The molecule has 0 radical (unpaired) electrons. The molecule has 2 heterocycles. The molecule has 0 aliphatic carbocycles. The van der Waals surface area contributed by atoms with E-state index >= 15 is 0 Å². The van der Waals surface area contributed by atoms with Crippen LogP contribution in [-0.2, 0) is 17.7 Å². The van der Waals surface area contributed by atoms with Crippen molar-refractivity contribution in [1.82, 2.24) is 10.2 Å². The number of nitrogens with zero attached hydrogens (tertiary/aromatic N) is 1. The lowest BCUT2D eigenvalue weighted by Gasteiger charge is -2.26. The molecule has 0 spiro atoms. The fourth-order valence-electron chi connectivity index (χ4n) is 3.03. The molecule has 1 fully saturated rings. The highest BCUT2D eigenvalue weighted by Gasteiger charge is 2.13. The van der Waals surface area contributed by atoms with E-state index in [0.29, 0.717) is 0 Å². The molecule has 3 rings (SSSR count). The van der Waals surface area contributed by atoms with Crippen molar-refractivity contribution in [3.05, 3.63) is 29.3 Å². The monoisotopic (exact) mass is 275 g/mol. The summed E-state index contributed by atoms with van der Waals surface area (Å²) < 4.78 is 5.36. The summed E-state index contributed by atoms with van der Waals surface area (Å²) in [4.78, 5) is 2.49. The third kappa shape index (κ3) is 3.51. The SMILES string of the molecule is c1cc2c(c(CNCCCN3CCOCC3)c1)NCC2. The van der Waals surface area contributed by atoms with Gasteiger partial charge in [-0.2, -0.15) is 0 Å². The smallest absolute Gasteiger partial charge is 0.0594 e. The number of ether oxygens (including phenoxy) is 1. The maximum absolute atomic E-state index is 5.36. The van der Waals surface area contributed by atoms with Gasteiger partial charge in [0, 0.05) is 31.9 Å². The van der Waals surface area contributed by atoms with Crippen LogP contribution in [0, 0.1) is 0 Å². The lowest BCUT2D eigenvalue weighted by atomic mass is 10.1. The minimum atomic E-state index is 0.898. The molecule has 4 nitrogen and oxygen atoms in total. The summed E-state index contributed by atoms with van der Waals surface area (Å²) in [5.41, 5.74) is 4.25. The number of benzene rings is 1. The second-order valence-electron chi connectivity index (χ2n) is 5.61. The number of morpholine rings is 1. The first-order valence-electron chi connectivity index (χ1n) is 7.79. The normalized spacial score (nSPS) is 18.8. The topological polar surface area (TPSA) is 36.5 Å². The fourth-order valence-corrected chi connectivity index (χ4v) is 3.03. The van der Waals surface area contributed by atoms with E-state index in [1.165, 1.54) is 36.2 Å². The van der Waals surface area contributed by atoms with Gasteiger partial charge in [0.05, 0.1) is 13.2 Å². The Labute approximate surface area is 121 Å². The van der Waals surface area contributed by atoms with Gasteiger partial charge in [-0.25, -0.2) is 0 Å². The fraction of sp³-hybridized carbons (Fsp3) is 0.625. The second-order valence-corrected chi connectivity index (χ2v) is 5.61. The Morgan fingerprint density at radius 2 is 2.15 bits per heavy atom. The molecule has 2 N–H and O–H groups in total. The number of rotatable bonds is 6.